The highest BCUT2D eigenvalue weighted by Crippen LogP contribution is 2.80. The largest absolute Gasteiger partial charge is 0.497 e. The van der Waals surface area contributed by atoms with Gasteiger partial charge in [0.1, 0.15) is 17.5 Å². The lowest BCUT2D eigenvalue weighted by molar-refractivity contribution is -0.325. The van der Waals surface area contributed by atoms with Crippen LogP contribution in [0.5, 0.6) is 5.75 Å². The normalized spacial score (nSPS) is 51.0. The maximum atomic E-state index is 13.5. The van der Waals surface area contributed by atoms with Gasteiger partial charge in [-0.1, -0.05) is 6.92 Å². The summed E-state index contributed by atoms with van der Waals surface area (Å²) in [6.07, 6.45) is -0.969. The van der Waals surface area contributed by atoms with Gasteiger partial charge in [-0.3, -0.25) is 4.90 Å². The smallest absolute Gasteiger partial charge is 0.338 e. The molecule has 1 heterocycles. The minimum Gasteiger partial charge on any atom is -0.497 e. The van der Waals surface area contributed by atoms with E-state index in [1.54, 1.807) is 45.6 Å². The van der Waals surface area contributed by atoms with E-state index in [1.165, 1.54) is 0 Å². The fourth-order valence-corrected chi connectivity index (χ4v) is 11.4. The van der Waals surface area contributed by atoms with Crippen molar-refractivity contribution in [3.8, 4) is 5.75 Å². The summed E-state index contributed by atoms with van der Waals surface area (Å²) < 4.78 is 23.4. The minimum atomic E-state index is -1.77. The Labute approximate surface area is 240 Å². The number of fused-ring (bicyclic) bond motifs is 2. The van der Waals surface area contributed by atoms with Gasteiger partial charge >= 0.3 is 5.97 Å². The molecule has 0 amide bonds. The fourth-order valence-electron chi connectivity index (χ4n) is 11.4. The van der Waals surface area contributed by atoms with Gasteiger partial charge in [0.15, 0.2) is 0 Å². The van der Waals surface area contributed by atoms with E-state index in [4.69, 9.17) is 18.9 Å². The van der Waals surface area contributed by atoms with Crippen LogP contribution in [0.25, 0.3) is 0 Å². The molecule has 12 unspecified atom stereocenters. The molecule has 6 fully saturated rings. The van der Waals surface area contributed by atoms with Gasteiger partial charge in [0.05, 0.1) is 42.7 Å². The van der Waals surface area contributed by atoms with Gasteiger partial charge < -0.3 is 39.4 Å². The second-order valence-corrected chi connectivity index (χ2v) is 13.7. The van der Waals surface area contributed by atoms with E-state index in [-0.39, 0.29) is 30.6 Å². The number of aliphatic hydroxyl groups excluding tert-OH is 1. The highest BCUT2D eigenvalue weighted by molar-refractivity contribution is 5.89. The van der Waals surface area contributed by atoms with E-state index >= 15 is 0 Å². The average Bonchev–Trinajstić information content (AvgIpc) is 3.33. The number of methoxy groups -OCH3 is 3. The van der Waals surface area contributed by atoms with Crippen molar-refractivity contribution in [2.24, 2.45) is 28.6 Å². The summed E-state index contributed by atoms with van der Waals surface area (Å²) in [6, 6.07) is 6.29. The second-order valence-electron chi connectivity index (χ2n) is 13.7. The van der Waals surface area contributed by atoms with Crippen molar-refractivity contribution in [1.29, 1.82) is 0 Å². The summed E-state index contributed by atoms with van der Waals surface area (Å²) in [5.41, 5.74) is -5.62. The van der Waals surface area contributed by atoms with Crippen molar-refractivity contribution in [2.45, 2.75) is 80.2 Å². The first-order valence-electron chi connectivity index (χ1n) is 15.0. The molecule has 4 N–H and O–H groups in total. The van der Waals surface area contributed by atoms with E-state index in [1.807, 2.05) is 0 Å². The van der Waals surface area contributed by atoms with Crippen LogP contribution < -0.4 is 4.74 Å². The quantitative estimate of drug-likeness (QED) is 0.349. The highest BCUT2D eigenvalue weighted by atomic mass is 16.6. The Morgan fingerprint density at radius 1 is 1.02 bits per heavy atom. The molecule has 5 aliphatic carbocycles. The summed E-state index contributed by atoms with van der Waals surface area (Å²) in [7, 11) is 4.89. The van der Waals surface area contributed by atoms with Crippen molar-refractivity contribution in [1.82, 2.24) is 4.90 Å². The third kappa shape index (κ3) is 3.05. The van der Waals surface area contributed by atoms with E-state index in [0.29, 0.717) is 38.2 Å². The van der Waals surface area contributed by atoms with Crippen LogP contribution in [-0.4, -0.2) is 113 Å². The highest BCUT2D eigenvalue weighted by Gasteiger charge is 2.90. The zero-order valence-electron chi connectivity index (χ0n) is 24.3. The molecule has 1 aromatic carbocycles. The Hall–Kier alpha value is -1.79. The van der Waals surface area contributed by atoms with Gasteiger partial charge in [-0.05, 0) is 62.4 Å². The Balaban J connectivity index is 1.38. The van der Waals surface area contributed by atoms with Gasteiger partial charge in [-0.15, -0.1) is 0 Å². The topological polar surface area (TPSA) is 138 Å². The molecule has 41 heavy (non-hydrogen) atoms. The van der Waals surface area contributed by atoms with E-state index in [9.17, 15) is 25.2 Å². The van der Waals surface area contributed by atoms with Gasteiger partial charge in [0.2, 0.25) is 0 Å². The minimum absolute atomic E-state index is 0.0406. The van der Waals surface area contributed by atoms with Crippen molar-refractivity contribution >= 4 is 5.97 Å². The summed E-state index contributed by atoms with van der Waals surface area (Å²) in [6.45, 7) is 3.83. The number of rotatable bonds is 7. The Kier molecular flexibility index (Phi) is 6.06. The lowest BCUT2D eigenvalue weighted by Crippen LogP contribution is -2.81. The number of benzene rings is 1. The Morgan fingerprint density at radius 2 is 1.76 bits per heavy atom. The molecule has 1 aromatic rings. The zero-order valence-corrected chi connectivity index (χ0v) is 24.3. The lowest BCUT2D eigenvalue weighted by atomic mass is 9.41. The number of esters is 1. The number of carbonyl (C=O) groups is 1. The molecule has 10 nitrogen and oxygen atoms in total. The predicted molar refractivity (Wildman–Crippen MR) is 145 cm³/mol. The first-order valence-corrected chi connectivity index (χ1v) is 15.0. The molecule has 226 valence electrons. The lowest BCUT2D eigenvalue weighted by Gasteiger charge is -2.71. The van der Waals surface area contributed by atoms with Gasteiger partial charge in [-0.2, -0.15) is 0 Å². The summed E-state index contributed by atoms with van der Waals surface area (Å²) >= 11 is 0. The number of hydrogen-bond donors (Lipinski definition) is 4. The number of likely N-dealkylation sites (tertiary alicyclic amines) is 1. The second kappa shape index (κ2) is 8.87. The van der Waals surface area contributed by atoms with E-state index in [0.717, 1.165) is 6.54 Å². The number of ether oxygens (including phenoxy) is 4. The standard InChI is InChI=1S/C31H43NO9/c1-5-32-15-27(16-38-2)11-10-22(40-4)31-19-12-29(36)21(33)14-28(35,20(24(31)32)13-30(27,31)37)23(19)25(29)41-26(34)17-6-8-18(39-3)9-7-17/h6-9,19-25,33,35-37H,5,10-16H2,1-4H3. The zero-order chi connectivity index (χ0) is 29.2. The summed E-state index contributed by atoms with van der Waals surface area (Å²) in [5.74, 6) is -1.61. The third-order valence-corrected chi connectivity index (χ3v) is 12.7. The molecule has 0 aromatic heterocycles. The molecule has 0 radical (unpaired) electrons. The van der Waals surface area contributed by atoms with Crippen LogP contribution in [-0.2, 0) is 14.2 Å². The van der Waals surface area contributed by atoms with Gasteiger partial charge in [0.25, 0.3) is 0 Å². The first kappa shape index (κ1) is 28.0. The SMILES string of the molecule is CCN1CC2(COC)CCC(OC)C34C5CC6(O)C(O)CC(O)(C(CC23O)C14)C5C6OC(=O)c1ccc(OC)cc1. The third-order valence-electron chi connectivity index (χ3n) is 12.7. The number of nitrogens with zero attached hydrogens (tertiary/aromatic N) is 1. The van der Waals surface area contributed by atoms with Crippen LogP contribution in [0.15, 0.2) is 24.3 Å². The van der Waals surface area contributed by atoms with E-state index < -0.39 is 63.6 Å². The van der Waals surface area contributed by atoms with E-state index in [2.05, 4.69) is 11.8 Å². The maximum absolute atomic E-state index is 13.5. The molecule has 10 heteroatoms. The molecule has 7 rings (SSSR count). The molecule has 12 atom stereocenters. The van der Waals surface area contributed by atoms with Crippen LogP contribution >= 0.6 is 0 Å². The Morgan fingerprint density at radius 3 is 2.39 bits per heavy atom. The molecule has 5 saturated carbocycles. The molecule has 1 saturated heterocycles. The summed E-state index contributed by atoms with van der Waals surface area (Å²) in [4.78, 5) is 15.9. The Bertz CT molecular complexity index is 1230. The van der Waals surface area contributed by atoms with Gasteiger partial charge in [-0.25, -0.2) is 4.79 Å². The molecule has 1 aliphatic heterocycles. The fraction of sp³-hybridized carbons (Fsp3) is 0.774. The molecule has 1 spiro atoms. The molecular weight excluding hydrogens is 530 g/mol. The number of aliphatic hydroxyl groups is 4. The number of piperidine rings is 1. The molecule has 6 aliphatic rings. The summed E-state index contributed by atoms with van der Waals surface area (Å²) in [5, 5.41) is 49.6. The van der Waals surface area contributed by atoms with Crippen molar-refractivity contribution < 1.29 is 44.2 Å². The number of carbonyl (C=O) groups excluding carboxylic acids is 1. The monoisotopic (exact) mass is 573 g/mol. The number of hydrogen-bond acceptors (Lipinski definition) is 10. The first-order chi connectivity index (χ1) is 19.5. The van der Waals surface area contributed by atoms with Crippen LogP contribution in [0.2, 0.25) is 0 Å². The van der Waals surface area contributed by atoms with Crippen molar-refractivity contribution in [3.63, 3.8) is 0 Å². The molecule has 7 bridgehead atoms. The molecular formula is C31H43NO9. The van der Waals surface area contributed by atoms with Crippen molar-refractivity contribution in [2.75, 3.05) is 41.0 Å². The van der Waals surface area contributed by atoms with Crippen LogP contribution in [0.3, 0.4) is 0 Å². The van der Waals surface area contributed by atoms with Crippen molar-refractivity contribution in [3.05, 3.63) is 29.8 Å². The van der Waals surface area contributed by atoms with Crippen LogP contribution in [0.4, 0.5) is 0 Å². The van der Waals surface area contributed by atoms with Gasteiger partial charge in [0, 0.05) is 55.9 Å². The maximum Gasteiger partial charge on any atom is 0.338 e. The average molecular weight is 574 g/mol. The van der Waals surface area contributed by atoms with Crippen LogP contribution in [0, 0.1) is 28.6 Å². The predicted octanol–water partition coefficient (Wildman–Crippen LogP) is 0.980. The van der Waals surface area contributed by atoms with Crippen LogP contribution in [0.1, 0.15) is 49.4 Å².